The van der Waals surface area contributed by atoms with Gasteiger partial charge in [-0.25, -0.2) is 0 Å². The average molecular weight is 271 g/mol. The quantitative estimate of drug-likeness (QED) is 0.524. The van der Waals surface area contributed by atoms with E-state index in [2.05, 4.69) is 39.8 Å². The van der Waals surface area contributed by atoms with Gasteiger partial charge in [-0.05, 0) is 33.9 Å². The molecule has 0 amide bonds. The highest BCUT2D eigenvalue weighted by molar-refractivity contribution is 4.88. The van der Waals surface area contributed by atoms with Crippen LogP contribution in [-0.2, 0) is 0 Å². The summed E-state index contributed by atoms with van der Waals surface area (Å²) in [5.74, 6) is 0. The second kappa shape index (κ2) is 10.7. The molecule has 0 aromatic rings. The first-order valence-electron chi connectivity index (χ1n) is 8.34. The van der Waals surface area contributed by atoms with Gasteiger partial charge in [-0.3, -0.25) is 0 Å². The number of hydrogen-bond acceptors (Lipinski definition) is 2. The maximum atomic E-state index is 10.4. The Morgan fingerprint density at radius 2 is 1.37 bits per heavy atom. The Labute approximate surface area is 121 Å². The van der Waals surface area contributed by atoms with Crippen molar-refractivity contribution in [2.24, 2.45) is 0 Å². The number of unbranched alkanes of at least 4 members (excludes halogenated alkanes) is 7. The first-order valence-corrected chi connectivity index (χ1v) is 8.34. The summed E-state index contributed by atoms with van der Waals surface area (Å²) in [7, 11) is 4.14. The molecule has 2 heteroatoms. The smallest absolute Gasteiger partial charge is 0.0720 e. The van der Waals surface area contributed by atoms with E-state index in [1.165, 1.54) is 51.4 Å². The van der Waals surface area contributed by atoms with E-state index in [1.807, 2.05) is 0 Å². The maximum absolute atomic E-state index is 10.4. The van der Waals surface area contributed by atoms with Crippen LogP contribution >= 0.6 is 0 Å². The second-order valence-corrected chi connectivity index (χ2v) is 6.38. The molecule has 0 aliphatic heterocycles. The summed E-state index contributed by atoms with van der Waals surface area (Å²) >= 11 is 0. The highest BCUT2D eigenvalue weighted by Crippen LogP contribution is 2.24. The number of likely N-dealkylation sites (N-methyl/N-ethyl adjacent to an activating group) is 1. The van der Waals surface area contributed by atoms with Crippen LogP contribution in [0.1, 0.15) is 85.0 Å². The van der Waals surface area contributed by atoms with Gasteiger partial charge in [0.05, 0.1) is 6.10 Å². The molecule has 2 atom stereocenters. The second-order valence-electron chi connectivity index (χ2n) is 6.38. The SMILES string of the molecule is CCCCCCCCCCC(O)C(C)(CC)N(C)C. The number of hydrogen-bond donors (Lipinski definition) is 1. The fourth-order valence-electron chi connectivity index (χ4n) is 2.63. The molecule has 0 saturated heterocycles. The molecule has 0 spiro atoms. The van der Waals surface area contributed by atoms with Crippen molar-refractivity contribution in [2.45, 2.75) is 96.6 Å². The Kier molecular flexibility index (Phi) is 10.6. The minimum absolute atomic E-state index is 0.0683. The lowest BCUT2D eigenvalue weighted by Gasteiger charge is -2.40. The van der Waals surface area contributed by atoms with Crippen molar-refractivity contribution in [1.29, 1.82) is 0 Å². The van der Waals surface area contributed by atoms with Gasteiger partial charge in [0.25, 0.3) is 0 Å². The summed E-state index contributed by atoms with van der Waals surface area (Å²) in [6, 6.07) is 0. The molecule has 0 fully saturated rings. The Balaban J connectivity index is 3.65. The Bertz CT molecular complexity index is 205. The van der Waals surface area contributed by atoms with Crippen molar-refractivity contribution >= 4 is 0 Å². The van der Waals surface area contributed by atoms with Crippen LogP contribution in [-0.4, -0.2) is 35.7 Å². The van der Waals surface area contributed by atoms with Gasteiger partial charge in [0, 0.05) is 5.54 Å². The molecule has 0 heterocycles. The molecule has 2 nitrogen and oxygen atoms in total. The first kappa shape index (κ1) is 18.9. The third-order valence-corrected chi connectivity index (χ3v) is 4.79. The zero-order chi connectivity index (χ0) is 14.7. The molecule has 0 rings (SSSR count). The van der Waals surface area contributed by atoms with Crippen LogP contribution < -0.4 is 0 Å². The minimum Gasteiger partial charge on any atom is -0.391 e. The summed E-state index contributed by atoms with van der Waals surface area (Å²) in [6.45, 7) is 6.59. The van der Waals surface area contributed by atoms with E-state index in [0.29, 0.717) is 0 Å². The van der Waals surface area contributed by atoms with Gasteiger partial charge in [0.15, 0.2) is 0 Å². The summed E-state index contributed by atoms with van der Waals surface area (Å²) in [5.41, 5.74) is -0.0683. The summed E-state index contributed by atoms with van der Waals surface area (Å²) < 4.78 is 0. The van der Waals surface area contributed by atoms with Crippen LogP contribution in [0.5, 0.6) is 0 Å². The summed E-state index contributed by atoms with van der Waals surface area (Å²) in [6.07, 6.45) is 12.4. The Morgan fingerprint density at radius 3 is 1.79 bits per heavy atom. The molecule has 19 heavy (non-hydrogen) atoms. The molecule has 116 valence electrons. The Hall–Kier alpha value is -0.0800. The van der Waals surface area contributed by atoms with Gasteiger partial charge in [0.2, 0.25) is 0 Å². The van der Waals surface area contributed by atoms with E-state index in [-0.39, 0.29) is 11.6 Å². The molecule has 0 aromatic carbocycles. The largest absolute Gasteiger partial charge is 0.391 e. The maximum Gasteiger partial charge on any atom is 0.0720 e. The third-order valence-electron chi connectivity index (χ3n) is 4.79. The predicted molar refractivity (Wildman–Crippen MR) is 85.6 cm³/mol. The topological polar surface area (TPSA) is 23.5 Å². The lowest BCUT2D eigenvalue weighted by Crippen LogP contribution is -2.50. The van der Waals surface area contributed by atoms with Crippen LogP contribution in [0.3, 0.4) is 0 Å². The lowest BCUT2D eigenvalue weighted by molar-refractivity contribution is -0.00379. The van der Waals surface area contributed by atoms with E-state index in [9.17, 15) is 5.11 Å². The van der Waals surface area contributed by atoms with Crippen molar-refractivity contribution in [1.82, 2.24) is 4.90 Å². The van der Waals surface area contributed by atoms with Gasteiger partial charge in [-0.1, -0.05) is 65.2 Å². The van der Waals surface area contributed by atoms with Crippen molar-refractivity contribution in [3.63, 3.8) is 0 Å². The monoisotopic (exact) mass is 271 g/mol. The van der Waals surface area contributed by atoms with Gasteiger partial charge in [-0.15, -0.1) is 0 Å². The summed E-state index contributed by atoms with van der Waals surface area (Å²) in [4.78, 5) is 2.17. The van der Waals surface area contributed by atoms with Gasteiger partial charge >= 0.3 is 0 Å². The summed E-state index contributed by atoms with van der Waals surface area (Å²) in [5, 5.41) is 10.4. The van der Waals surface area contributed by atoms with Gasteiger partial charge in [-0.2, -0.15) is 0 Å². The van der Waals surface area contributed by atoms with E-state index < -0.39 is 0 Å². The molecular formula is C17H37NO. The van der Waals surface area contributed by atoms with E-state index in [4.69, 9.17) is 0 Å². The molecule has 0 saturated carbocycles. The van der Waals surface area contributed by atoms with Crippen LogP contribution in [0.4, 0.5) is 0 Å². The molecule has 0 aliphatic carbocycles. The highest BCUT2D eigenvalue weighted by atomic mass is 16.3. The number of rotatable bonds is 12. The molecule has 0 radical (unpaired) electrons. The average Bonchev–Trinajstić information content (AvgIpc) is 2.40. The van der Waals surface area contributed by atoms with Crippen molar-refractivity contribution in [3.05, 3.63) is 0 Å². The normalized spacial score (nSPS) is 16.6. The number of aliphatic hydroxyl groups excluding tert-OH is 1. The van der Waals surface area contributed by atoms with Crippen LogP contribution in [0.2, 0.25) is 0 Å². The van der Waals surface area contributed by atoms with E-state index in [1.54, 1.807) is 0 Å². The fraction of sp³-hybridized carbons (Fsp3) is 1.00. The molecular weight excluding hydrogens is 234 g/mol. The highest BCUT2D eigenvalue weighted by Gasteiger charge is 2.32. The number of nitrogens with zero attached hydrogens (tertiary/aromatic N) is 1. The van der Waals surface area contributed by atoms with Crippen LogP contribution in [0.25, 0.3) is 0 Å². The van der Waals surface area contributed by atoms with Crippen molar-refractivity contribution in [3.8, 4) is 0 Å². The number of aliphatic hydroxyl groups is 1. The fourth-order valence-corrected chi connectivity index (χ4v) is 2.63. The van der Waals surface area contributed by atoms with E-state index >= 15 is 0 Å². The molecule has 1 N–H and O–H groups in total. The first-order chi connectivity index (χ1) is 8.99. The predicted octanol–water partition coefficient (Wildman–Crippen LogP) is 4.61. The Morgan fingerprint density at radius 1 is 0.895 bits per heavy atom. The molecule has 0 aromatic heterocycles. The molecule has 0 bridgehead atoms. The van der Waals surface area contributed by atoms with Crippen LogP contribution in [0.15, 0.2) is 0 Å². The molecule has 2 unspecified atom stereocenters. The minimum atomic E-state index is -0.201. The van der Waals surface area contributed by atoms with E-state index in [0.717, 1.165) is 12.8 Å². The van der Waals surface area contributed by atoms with Gasteiger partial charge in [0.1, 0.15) is 0 Å². The third kappa shape index (κ3) is 7.31. The lowest BCUT2D eigenvalue weighted by atomic mass is 9.87. The van der Waals surface area contributed by atoms with Crippen molar-refractivity contribution < 1.29 is 5.11 Å². The standard InChI is InChI=1S/C17H37NO/c1-6-8-9-10-11-12-13-14-15-16(19)17(3,7-2)18(4)5/h16,19H,6-15H2,1-5H3. The van der Waals surface area contributed by atoms with Crippen LogP contribution in [0, 0.1) is 0 Å². The molecule has 0 aliphatic rings. The zero-order valence-corrected chi connectivity index (χ0v) is 14.0. The van der Waals surface area contributed by atoms with Crippen molar-refractivity contribution in [2.75, 3.05) is 14.1 Å². The zero-order valence-electron chi connectivity index (χ0n) is 14.0. The van der Waals surface area contributed by atoms with Gasteiger partial charge < -0.3 is 10.0 Å².